The van der Waals surface area contributed by atoms with Crippen molar-refractivity contribution in [2.75, 3.05) is 6.54 Å². The van der Waals surface area contributed by atoms with E-state index in [0.717, 1.165) is 11.8 Å². The van der Waals surface area contributed by atoms with Crippen molar-refractivity contribution in [3.8, 4) is 5.75 Å². The Morgan fingerprint density at radius 1 is 0.862 bits per heavy atom. The van der Waals surface area contributed by atoms with Crippen LogP contribution in [0, 0.1) is 0 Å². The van der Waals surface area contributed by atoms with Gasteiger partial charge in [0.05, 0.1) is 5.56 Å². The average Bonchev–Trinajstić information content (AvgIpc) is 2.78. The highest BCUT2D eigenvalue weighted by Gasteiger charge is 2.17. The molecule has 1 heterocycles. The third kappa shape index (κ3) is 4.11. The maximum absolute atomic E-state index is 12.7. The van der Waals surface area contributed by atoms with E-state index in [2.05, 4.69) is 34.6 Å². The quantitative estimate of drug-likeness (QED) is 0.499. The first-order valence-corrected chi connectivity index (χ1v) is 9.69. The molecule has 1 amide bonds. The molecule has 0 bridgehead atoms. The molecular weight excluding hydrogens is 360 g/mol. The summed E-state index contributed by atoms with van der Waals surface area (Å²) in [5, 5.41) is 14.2. The van der Waals surface area contributed by atoms with Crippen LogP contribution in [0.15, 0.2) is 91.1 Å². The summed E-state index contributed by atoms with van der Waals surface area (Å²) in [6.07, 6.45) is 2.36. The number of rotatable bonds is 6. The monoisotopic (exact) mass is 382 g/mol. The highest BCUT2D eigenvalue weighted by molar-refractivity contribution is 6.02. The molecule has 1 aromatic heterocycles. The molecule has 0 spiro atoms. The van der Waals surface area contributed by atoms with Crippen molar-refractivity contribution >= 4 is 16.8 Å². The first kappa shape index (κ1) is 18.7. The fraction of sp³-hybridized carbons (Fsp3) is 0.120. The van der Waals surface area contributed by atoms with E-state index in [4.69, 9.17) is 0 Å². The predicted octanol–water partition coefficient (Wildman–Crippen LogP) is 4.89. The Bertz CT molecular complexity index is 1070. The Hall–Kier alpha value is -3.66. The third-order valence-corrected chi connectivity index (χ3v) is 5.11. The molecule has 0 radical (unpaired) electrons. The Morgan fingerprint density at radius 2 is 1.52 bits per heavy atom. The lowest BCUT2D eigenvalue weighted by Gasteiger charge is -2.18. The minimum atomic E-state index is -0.296. The van der Waals surface area contributed by atoms with Crippen molar-refractivity contribution in [1.82, 2.24) is 10.3 Å². The van der Waals surface area contributed by atoms with Crippen molar-refractivity contribution in [2.45, 2.75) is 12.3 Å². The molecule has 4 rings (SSSR count). The molecule has 0 aliphatic heterocycles. The van der Waals surface area contributed by atoms with E-state index >= 15 is 0 Å². The second-order valence-corrected chi connectivity index (χ2v) is 6.96. The molecule has 144 valence electrons. The summed E-state index contributed by atoms with van der Waals surface area (Å²) in [6, 6.07) is 27.7. The lowest BCUT2D eigenvalue weighted by molar-refractivity contribution is 0.0950. The summed E-state index contributed by atoms with van der Waals surface area (Å²) in [7, 11) is 0. The molecule has 29 heavy (non-hydrogen) atoms. The summed E-state index contributed by atoms with van der Waals surface area (Å²) in [6.45, 7) is 0.493. The SMILES string of the molecule is O=C(NCCC(c1ccccc1)c1ccccc1)c1ccc2cccnc2c1O. The first-order chi connectivity index (χ1) is 14.2. The van der Waals surface area contributed by atoms with Crippen LogP contribution in [0.25, 0.3) is 10.9 Å². The fourth-order valence-electron chi connectivity index (χ4n) is 3.63. The molecule has 0 atom stereocenters. The molecule has 2 N–H and O–H groups in total. The zero-order valence-electron chi connectivity index (χ0n) is 16.0. The predicted molar refractivity (Wildman–Crippen MR) is 115 cm³/mol. The van der Waals surface area contributed by atoms with Gasteiger partial charge in [-0.15, -0.1) is 0 Å². The van der Waals surface area contributed by atoms with Crippen molar-refractivity contribution in [1.29, 1.82) is 0 Å². The number of carbonyl (C=O) groups is 1. The van der Waals surface area contributed by atoms with Crippen molar-refractivity contribution in [2.24, 2.45) is 0 Å². The molecule has 0 aliphatic rings. The van der Waals surface area contributed by atoms with E-state index in [1.54, 1.807) is 24.4 Å². The summed E-state index contributed by atoms with van der Waals surface area (Å²) >= 11 is 0. The highest BCUT2D eigenvalue weighted by atomic mass is 16.3. The molecule has 3 aromatic carbocycles. The summed E-state index contributed by atoms with van der Waals surface area (Å²) < 4.78 is 0. The third-order valence-electron chi connectivity index (χ3n) is 5.11. The minimum Gasteiger partial charge on any atom is -0.505 e. The maximum atomic E-state index is 12.7. The molecule has 0 fully saturated rings. The van der Waals surface area contributed by atoms with Gasteiger partial charge in [0.1, 0.15) is 5.52 Å². The van der Waals surface area contributed by atoms with Gasteiger partial charge in [0, 0.05) is 24.0 Å². The van der Waals surface area contributed by atoms with Gasteiger partial charge in [-0.1, -0.05) is 72.8 Å². The van der Waals surface area contributed by atoms with Crippen LogP contribution in [0.5, 0.6) is 5.75 Å². The number of fused-ring (bicyclic) bond motifs is 1. The number of aromatic nitrogens is 1. The minimum absolute atomic E-state index is 0.0803. The number of carbonyl (C=O) groups excluding carboxylic acids is 1. The Morgan fingerprint density at radius 3 is 2.17 bits per heavy atom. The van der Waals surface area contributed by atoms with Gasteiger partial charge < -0.3 is 10.4 Å². The topological polar surface area (TPSA) is 62.2 Å². The lowest BCUT2D eigenvalue weighted by Crippen LogP contribution is -2.26. The Balaban J connectivity index is 1.49. The number of nitrogens with one attached hydrogen (secondary N) is 1. The summed E-state index contributed by atoms with van der Waals surface area (Å²) in [5.41, 5.74) is 3.11. The second-order valence-electron chi connectivity index (χ2n) is 6.96. The number of hydrogen-bond donors (Lipinski definition) is 2. The van der Waals surface area contributed by atoms with Crippen LogP contribution in [0.1, 0.15) is 33.8 Å². The molecule has 4 nitrogen and oxygen atoms in total. The highest BCUT2D eigenvalue weighted by Crippen LogP contribution is 2.28. The molecule has 4 heteroatoms. The van der Waals surface area contributed by atoms with Crippen LogP contribution in [-0.2, 0) is 0 Å². The zero-order chi connectivity index (χ0) is 20.1. The van der Waals surface area contributed by atoms with E-state index in [1.165, 1.54) is 11.1 Å². The number of pyridine rings is 1. The fourth-order valence-corrected chi connectivity index (χ4v) is 3.63. The standard InChI is InChI=1S/C25H22N2O2/c28-24-22(14-13-20-12-7-16-26-23(20)24)25(29)27-17-15-21(18-8-3-1-4-9-18)19-10-5-2-6-11-19/h1-14,16,21,28H,15,17H2,(H,27,29). The molecule has 0 saturated carbocycles. The summed E-state index contributed by atoms with van der Waals surface area (Å²) in [4.78, 5) is 16.8. The van der Waals surface area contributed by atoms with Gasteiger partial charge in [0.15, 0.2) is 5.75 Å². The molecule has 0 saturated heterocycles. The smallest absolute Gasteiger partial charge is 0.255 e. The van der Waals surface area contributed by atoms with Crippen LogP contribution in [0.2, 0.25) is 0 Å². The number of amides is 1. The molecule has 4 aromatic rings. The van der Waals surface area contributed by atoms with Crippen LogP contribution >= 0.6 is 0 Å². The van der Waals surface area contributed by atoms with Crippen molar-refractivity contribution in [3.05, 3.63) is 108 Å². The normalized spacial score (nSPS) is 10.9. The van der Waals surface area contributed by atoms with Gasteiger partial charge in [-0.05, 0) is 29.7 Å². The van der Waals surface area contributed by atoms with Gasteiger partial charge in [-0.25, -0.2) is 0 Å². The van der Waals surface area contributed by atoms with E-state index in [0.29, 0.717) is 12.1 Å². The number of nitrogens with zero attached hydrogens (tertiary/aromatic N) is 1. The lowest BCUT2D eigenvalue weighted by atomic mass is 9.88. The number of aromatic hydroxyl groups is 1. The van der Waals surface area contributed by atoms with E-state index < -0.39 is 0 Å². The van der Waals surface area contributed by atoms with Crippen LogP contribution in [-0.4, -0.2) is 22.5 Å². The average molecular weight is 382 g/mol. The maximum Gasteiger partial charge on any atom is 0.255 e. The van der Waals surface area contributed by atoms with Gasteiger partial charge in [-0.3, -0.25) is 9.78 Å². The Kier molecular flexibility index (Phi) is 5.52. The van der Waals surface area contributed by atoms with Crippen molar-refractivity contribution in [3.63, 3.8) is 0 Å². The van der Waals surface area contributed by atoms with Crippen LogP contribution in [0.3, 0.4) is 0 Å². The number of phenolic OH excluding ortho intramolecular Hbond substituents is 1. The van der Waals surface area contributed by atoms with Crippen LogP contribution in [0.4, 0.5) is 0 Å². The van der Waals surface area contributed by atoms with Gasteiger partial charge in [0.2, 0.25) is 0 Å². The van der Waals surface area contributed by atoms with Crippen molar-refractivity contribution < 1.29 is 9.90 Å². The largest absolute Gasteiger partial charge is 0.505 e. The van der Waals surface area contributed by atoms with Gasteiger partial charge in [0.25, 0.3) is 5.91 Å². The Labute approximate surface area is 169 Å². The second kappa shape index (κ2) is 8.57. The number of benzene rings is 3. The molecule has 0 aliphatic carbocycles. The molecule has 0 unspecified atom stereocenters. The number of hydrogen-bond acceptors (Lipinski definition) is 3. The molecular formula is C25H22N2O2. The van der Waals surface area contributed by atoms with E-state index in [1.807, 2.05) is 42.5 Å². The van der Waals surface area contributed by atoms with E-state index in [9.17, 15) is 9.90 Å². The zero-order valence-corrected chi connectivity index (χ0v) is 16.0. The first-order valence-electron chi connectivity index (χ1n) is 9.69. The van der Waals surface area contributed by atoms with Gasteiger partial charge >= 0.3 is 0 Å². The number of phenols is 1. The summed E-state index contributed by atoms with van der Waals surface area (Å²) in [5.74, 6) is -0.192. The van der Waals surface area contributed by atoms with E-state index in [-0.39, 0.29) is 23.1 Å². The van der Waals surface area contributed by atoms with Gasteiger partial charge in [-0.2, -0.15) is 0 Å². The van der Waals surface area contributed by atoms with Crippen LogP contribution < -0.4 is 5.32 Å².